The molecule has 2 heterocycles. The number of hydrogen-bond donors (Lipinski definition) is 2. The summed E-state index contributed by atoms with van der Waals surface area (Å²) in [6.07, 6.45) is 6.79. The van der Waals surface area contributed by atoms with Crippen molar-refractivity contribution in [3.63, 3.8) is 0 Å². The molecule has 0 radical (unpaired) electrons. The molecule has 0 spiro atoms. The summed E-state index contributed by atoms with van der Waals surface area (Å²) in [7, 11) is 0. The Bertz CT molecular complexity index is 991. The average molecular weight is 436 g/mol. The summed E-state index contributed by atoms with van der Waals surface area (Å²) in [6, 6.07) is 10.3. The fourth-order valence-electron chi connectivity index (χ4n) is 4.90. The molecule has 3 aliphatic rings. The normalized spacial score (nSPS) is 21.0. The van der Waals surface area contributed by atoms with E-state index in [4.69, 9.17) is 4.98 Å². The van der Waals surface area contributed by atoms with Gasteiger partial charge in [-0.1, -0.05) is 31.0 Å². The van der Waals surface area contributed by atoms with Gasteiger partial charge in [0.2, 0.25) is 5.91 Å². The van der Waals surface area contributed by atoms with Crippen LogP contribution in [-0.2, 0) is 4.79 Å². The monoisotopic (exact) mass is 435 g/mol. The van der Waals surface area contributed by atoms with Gasteiger partial charge in [0, 0.05) is 43.6 Å². The van der Waals surface area contributed by atoms with Crippen LogP contribution in [-0.4, -0.2) is 66.0 Å². The van der Waals surface area contributed by atoms with Crippen LogP contribution in [0.25, 0.3) is 10.9 Å². The molecule has 1 aliphatic heterocycles. The predicted octanol–water partition coefficient (Wildman–Crippen LogP) is 2.70. The Kier molecular flexibility index (Phi) is 6.00. The Morgan fingerprint density at radius 2 is 1.66 bits per heavy atom. The summed E-state index contributed by atoms with van der Waals surface area (Å²) in [5.74, 6) is 0.976. The number of para-hydroxylation sites is 1. The lowest BCUT2D eigenvalue weighted by atomic mass is 10.1. The lowest BCUT2D eigenvalue weighted by molar-refractivity contribution is -0.126. The number of rotatable bonds is 6. The van der Waals surface area contributed by atoms with Crippen LogP contribution in [0.4, 0.5) is 5.82 Å². The zero-order valence-corrected chi connectivity index (χ0v) is 18.8. The Hall–Kier alpha value is -2.67. The molecule has 1 aromatic carbocycles. The van der Waals surface area contributed by atoms with Gasteiger partial charge >= 0.3 is 0 Å². The lowest BCUT2D eigenvalue weighted by Crippen LogP contribution is -2.55. The van der Waals surface area contributed by atoms with Crippen molar-refractivity contribution in [1.82, 2.24) is 20.5 Å². The number of nitrogens with zero attached hydrogens (tertiary/aromatic N) is 3. The highest BCUT2D eigenvalue weighted by atomic mass is 16.2. The van der Waals surface area contributed by atoms with Crippen LogP contribution >= 0.6 is 0 Å². The molecule has 2 N–H and O–H groups in total. The van der Waals surface area contributed by atoms with E-state index in [0.717, 1.165) is 68.6 Å². The zero-order valence-electron chi connectivity index (χ0n) is 18.8. The summed E-state index contributed by atoms with van der Waals surface area (Å²) < 4.78 is 0. The van der Waals surface area contributed by atoms with Gasteiger partial charge in [-0.05, 0) is 44.7 Å². The van der Waals surface area contributed by atoms with Crippen LogP contribution in [0.1, 0.15) is 55.8 Å². The van der Waals surface area contributed by atoms with Crippen LogP contribution in [0.5, 0.6) is 0 Å². The van der Waals surface area contributed by atoms with Crippen molar-refractivity contribution in [2.24, 2.45) is 0 Å². The van der Waals surface area contributed by atoms with Crippen LogP contribution in [0.15, 0.2) is 30.3 Å². The quantitative estimate of drug-likeness (QED) is 0.730. The second-order valence-corrected chi connectivity index (χ2v) is 9.48. The molecular formula is C25H33N5O2. The standard InChI is InChI=1S/C25H33N5O2/c1-17(24(31)26-18-6-2-3-7-18)29-12-14-30(15-13-29)23-16-21(25(32)27-19-10-11-19)20-8-4-5-9-22(20)28-23/h4-5,8-9,16-19H,2-3,6-7,10-15H2,1H3,(H,26,31)(H,27,32). The molecule has 1 saturated heterocycles. The summed E-state index contributed by atoms with van der Waals surface area (Å²) in [5.41, 5.74) is 1.54. The van der Waals surface area contributed by atoms with E-state index in [1.807, 2.05) is 37.3 Å². The summed E-state index contributed by atoms with van der Waals surface area (Å²) in [6.45, 7) is 5.19. The van der Waals surface area contributed by atoms with Gasteiger partial charge in [0.25, 0.3) is 5.91 Å². The number of nitrogens with one attached hydrogen (secondary N) is 2. The van der Waals surface area contributed by atoms with Crippen molar-refractivity contribution in [1.29, 1.82) is 0 Å². The molecule has 1 unspecified atom stereocenters. The molecule has 2 amide bonds. The highest BCUT2D eigenvalue weighted by molar-refractivity contribution is 6.07. The van der Waals surface area contributed by atoms with Crippen LogP contribution < -0.4 is 15.5 Å². The molecule has 2 aliphatic carbocycles. The first-order valence-corrected chi connectivity index (χ1v) is 12.1. The van der Waals surface area contributed by atoms with Crippen LogP contribution in [0.2, 0.25) is 0 Å². The maximum absolute atomic E-state index is 12.9. The number of hydrogen-bond acceptors (Lipinski definition) is 5. The number of fused-ring (bicyclic) bond motifs is 1. The molecular weight excluding hydrogens is 402 g/mol. The first kappa shape index (κ1) is 21.2. The first-order valence-electron chi connectivity index (χ1n) is 12.1. The number of piperazine rings is 1. The van der Waals surface area contributed by atoms with Gasteiger partial charge in [-0.25, -0.2) is 4.98 Å². The molecule has 1 atom stereocenters. The van der Waals surface area contributed by atoms with Crippen LogP contribution in [0, 0.1) is 0 Å². The van der Waals surface area contributed by atoms with Gasteiger partial charge in [0.1, 0.15) is 5.82 Å². The average Bonchev–Trinajstić information content (AvgIpc) is 3.49. The third kappa shape index (κ3) is 4.58. The van der Waals surface area contributed by atoms with E-state index in [-0.39, 0.29) is 17.9 Å². The maximum Gasteiger partial charge on any atom is 0.252 e. The van der Waals surface area contributed by atoms with E-state index in [1.54, 1.807) is 0 Å². The third-order valence-electron chi connectivity index (χ3n) is 7.13. The fraction of sp³-hybridized carbons (Fsp3) is 0.560. The SMILES string of the molecule is CC(C(=O)NC1CCCC1)N1CCN(c2cc(C(=O)NC3CC3)c3ccccc3n2)CC1. The number of aromatic nitrogens is 1. The minimum atomic E-state index is -0.123. The molecule has 7 heteroatoms. The Morgan fingerprint density at radius 1 is 0.969 bits per heavy atom. The molecule has 170 valence electrons. The summed E-state index contributed by atoms with van der Waals surface area (Å²) >= 11 is 0. The van der Waals surface area contributed by atoms with Crippen molar-refractivity contribution in [3.8, 4) is 0 Å². The van der Waals surface area contributed by atoms with Gasteiger partial charge in [-0.2, -0.15) is 0 Å². The molecule has 32 heavy (non-hydrogen) atoms. The van der Waals surface area contributed by atoms with Crippen molar-refractivity contribution in [2.45, 2.75) is 63.6 Å². The minimum absolute atomic E-state index is 0.0109. The van der Waals surface area contributed by atoms with Gasteiger partial charge < -0.3 is 15.5 Å². The topological polar surface area (TPSA) is 77.6 Å². The second kappa shape index (κ2) is 9.06. The number of pyridine rings is 1. The highest BCUT2D eigenvalue weighted by Crippen LogP contribution is 2.26. The van der Waals surface area contributed by atoms with Crippen molar-refractivity contribution in [3.05, 3.63) is 35.9 Å². The highest BCUT2D eigenvalue weighted by Gasteiger charge is 2.29. The molecule has 2 aromatic rings. The molecule has 0 bridgehead atoms. The van der Waals surface area contributed by atoms with E-state index in [9.17, 15) is 9.59 Å². The molecule has 2 saturated carbocycles. The largest absolute Gasteiger partial charge is 0.354 e. The van der Waals surface area contributed by atoms with Crippen molar-refractivity contribution < 1.29 is 9.59 Å². The molecule has 7 nitrogen and oxygen atoms in total. The van der Waals surface area contributed by atoms with E-state index in [2.05, 4.69) is 20.4 Å². The van der Waals surface area contributed by atoms with E-state index >= 15 is 0 Å². The van der Waals surface area contributed by atoms with Gasteiger partial charge in [-0.3, -0.25) is 14.5 Å². The van der Waals surface area contributed by atoms with E-state index < -0.39 is 0 Å². The summed E-state index contributed by atoms with van der Waals surface area (Å²) in [4.78, 5) is 34.9. The molecule has 3 fully saturated rings. The summed E-state index contributed by atoms with van der Waals surface area (Å²) in [5, 5.41) is 7.24. The van der Waals surface area contributed by atoms with Crippen molar-refractivity contribution in [2.75, 3.05) is 31.1 Å². The Morgan fingerprint density at radius 3 is 2.38 bits per heavy atom. The predicted molar refractivity (Wildman–Crippen MR) is 126 cm³/mol. The Labute approximate surface area is 189 Å². The number of benzene rings is 1. The molecule has 5 rings (SSSR count). The fourth-order valence-corrected chi connectivity index (χ4v) is 4.90. The number of amides is 2. The maximum atomic E-state index is 12.9. The second-order valence-electron chi connectivity index (χ2n) is 9.48. The third-order valence-corrected chi connectivity index (χ3v) is 7.13. The Balaban J connectivity index is 1.27. The molecule has 1 aromatic heterocycles. The first-order chi connectivity index (χ1) is 15.6. The van der Waals surface area contributed by atoms with Crippen LogP contribution in [0.3, 0.4) is 0 Å². The van der Waals surface area contributed by atoms with Crippen molar-refractivity contribution >= 4 is 28.5 Å². The zero-order chi connectivity index (χ0) is 22.1. The number of anilines is 1. The number of carbonyl (C=O) groups is 2. The van der Waals surface area contributed by atoms with E-state index in [0.29, 0.717) is 17.6 Å². The smallest absolute Gasteiger partial charge is 0.252 e. The van der Waals surface area contributed by atoms with Gasteiger partial charge in [-0.15, -0.1) is 0 Å². The van der Waals surface area contributed by atoms with E-state index in [1.165, 1.54) is 12.8 Å². The number of carbonyl (C=O) groups excluding carboxylic acids is 2. The van der Waals surface area contributed by atoms with Gasteiger partial charge in [0.05, 0.1) is 17.1 Å². The lowest BCUT2D eigenvalue weighted by Gasteiger charge is -2.38. The van der Waals surface area contributed by atoms with Gasteiger partial charge in [0.15, 0.2) is 0 Å². The minimum Gasteiger partial charge on any atom is -0.354 e.